The van der Waals surface area contributed by atoms with Crippen LogP contribution in [0.5, 0.6) is 0 Å². The summed E-state index contributed by atoms with van der Waals surface area (Å²) >= 11 is 0. The Morgan fingerprint density at radius 1 is 1.25 bits per heavy atom. The van der Waals surface area contributed by atoms with Gasteiger partial charge in [0.1, 0.15) is 11.5 Å². The molecule has 2 aromatic rings. The molecule has 2 aromatic heterocycles. The zero-order valence-corrected chi connectivity index (χ0v) is 11.0. The Hall–Kier alpha value is -2.51. The number of nitrogens with one attached hydrogen (secondary N) is 1. The highest BCUT2D eigenvalue weighted by Crippen LogP contribution is 2.07. The number of carbonyl (C=O) groups is 1. The van der Waals surface area contributed by atoms with Gasteiger partial charge in [-0.15, -0.1) is 0 Å². The van der Waals surface area contributed by atoms with Crippen molar-refractivity contribution in [1.82, 2.24) is 29.6 Å². The van der Waals surface area contributed by atoms with Gasteiger partial charge in [0.05, 0.1) is 11.9 Å². The molecule has 0 radical (unpaired) electrons. The highest BCUT2D eigenvalue weighted by atomic mass is 16.2. The molecule has 20 heavy (non-hydrogen) atoms. The molecule has 0 atom stereocenters. The minimum Gasteiger partial charge on any atom is -0.335 e. The minimum atomic E-state index is -0.232. The molecule has 0 aromatic carbocycles. The number of aromatic amines is 1. The summed E-state index contributed by atoms with van der Waals surface area (Å²) in [6, 6.07) is 0. The Morgan fingerprint density at radius 2 is 2.10 bits per heavy atom. The molecule has 0 spiro atoms. The molecule has 0 saturated carbocycles. The topological polar surface area (TPSA) is 96.8 Å². The quantitative estimate of drug-likeness (QED) is 0.746. The molecule has 1 amide bonds. The van der Waals surface area contributed by atoms with Crippen molar-refractivity contribution in [2.24, 2.45) is 0 Å². The Bertz CT molecular complexity index is 687. The maximum Gasteiger partial charge on any atom is 0.343 e. The third-order valence-corrected chi connectivity index (χ3v) is 3.32. The smallest absolute Gasteiger partial charge is 0.335 e. The van der Waals surface area contributed by atoms with Crippen LogP contribution < -0.4 is 5.69 Å². The Kier molecular flexibility index (Phi) is 3.05. The van der Waals surface area contributed by atoms with Gasteiger partial charge in [0.25, 0.3) is 5.91 Å². The van der Waals surface area contributed by atoms with Gasteiger partial charge in [-0.1, -0.05) is 0 Å². The highest BCUT2D eigenvalue weighted by Gasteiger charge is 2.22. The molecule has 3 rings (SSSR count). The normalized spacial score (nSPS) is 14.8. The van der Waals surface area contributed by atoms with Crippen LogP contribution in [-0.4, -0.2) is 48.6 Å². The van der Waals surface area contributed by atoms with E-state index in [0.29, 0.717) is 37.6 Å². The molecular formula is C12H14N6O2. The molecular weight excluding hydrogens is 260 g/mol. The molecule has 0 fully saturated rings. The molecule has 0 bridgehead atoms. The molecule has 3 heterocycles. The van der Waals surface area contributed by atoms with Crippen LogP contribution in [0.3, 0.4) is 0 Å². The standard InChI is InChI=1S/C12H14N6O2/c1-8-6-14-9(7-13-8)11(19)17-3-2-10-15-16-12(20)18(10)5-4-17/h6-7H,2-5H2,1H3,(H,16,20). The third-order valence-electron chi connectivity index (χ3n) is 3.32. The number of rotatable bonds is 1. The van der Waals surface area contributed by atoms with Crippen molar-refractivity contribution < 1.29 is 4.79 Å². The number of amides is 1. The van der Waals surface area contributed by atoms with Crippen LogP contribution in [0.2, 0.25) is 0 Å². The van der Waals surface area contributed by atoms with E-state index in [0.717, 1.165) is 5.69 Å². The van der Waals surface area contributed by atoms with Gasteiger partial charge >= 0.3 is 5.69 Å². The second kappa shape index (κ2) is 4.87. The number of carbonyl (C=O) groups excluding carboxylic acids is 1. The first-order valence-corrected chi connectivity index (χ1v) is 6.37. The molecule has 1 aliphatic rings. The number of hydrogen-bond donors (Lipinski definition) is 1. The van der Waals surface area contributed by atoms with E-state index in [9.17, 15) is 9.59 Å². The first-order chi connectivity index (χ1) is 9.65. The minimum absolute atomic E-state index is 0.167. The summed E-state index contributed by atoms with van der Waals surface area (Å²) in [5, 5.41) is 6.37. The fourth-order valence-electron chi connectivity index (χ4n) is 2.21. The highest BCUT2D eigenvalue weighted by molar-refractivity contribution is 5.92. The van der Waals surface area contributed by atoms with Crippen molar-refractivity contribution in [1.29, 1.82) is 0 Å². The Labute approximate surface area is 114 Å². The number of fused-ring (bicyclic) bond motifs is 1. The van der Waals surface area contributed by atoms with Gasteiger partial charge in [0.15, 0.2) is 0 Å². The van der Waals surface area contributed by atoms with E-state index in [-0.39, 0.29) is 11.6 Å². The van der Waals surface area contributed by atoms with Gasteiger partial charge in [0, 0.05) is 32.3 Å². The third kappa shape index (κ3) is 2.20. The van der Waals surface area contributed by atoms with Crippen LogP contribution in [0.4, 0.5) is 0 Å². The van der Waals surface area contributed by atoms with Crippen LogP contribution in [0.15, 0.2) is 17.2 Å². The maximum absolute atomic E-state index is 12.3. The zero-order valence-electron chi connectivity index (χ0n) is 11.0. The van der Waals surface area contributed by atoms with Gasteiger partial charge < -0.3 is 4.90 Å². The number of hydrogen-bond acceptors (Lipinski definition) is 5. The summed E-state index contributed by atoms with van der Waals surface area (Å²) in [7, 11) is 0. The summed E-state index contributed by atoms with van der Waals surface area (Å²) in [4.78, 5) is 33.7. The fourth-order valence-corrected chi connectivity index (χ4v) is 2.21. The van der Waals surface area contributed by atoms with Crippen molar-refractivity contribution in [3.8, 4) is 0 Å². The van der Waals surface area contributed by atoms with Crippen LogP contribution in [0.25, 0.3) is 0 Å². The number of H-pyrrole nitrogens is 1. The van der Waals surface area contributed by atoms with Gasteiger partial charge in [0.2, 0.25) is 0 Å². The van der Waals surface area contributed by atoms with Gasteiger partial charge in [-0.25, -0.2) is 14.9 Å². The van der Waals surface area contributed by atoms with Gasteiger partial charge in [-0.2, -0.15) is 5.10 Å². The van der Waals surface area contributed by atoms with Crippen molar-refractivity contribution >= 4 is 5.91 Å². The van der Waals surface area contributed by atoms with E-state index < -0.39 is 0 Å². The maximum atomic E-state index is 12.3. The van der Waals surface area contributed by atoms with E-state index in [1.54, 1.807) is 15.7 Å². The lowest BCUT2D eigenvalue weighted by Gasteiger charge is -2.19. The number of aromatic nitrogens is 5. The zero-order chi connectivity index (χ0) is 14.1. The Morgan fingerprint density at radius 3 is 2.85 bits per heavy atom. The fraction of sp³-hybridized carbons (Fsp3) is 0.417. The van der Waals surface area contributed by atoms with Crippen molar-refractivity contribution in [2.45, 2.75) is 19.9 Å². The molecule has 1 N–H and O–H groups in total. The van der Waals surface area contributed by atoms with Crippen molar-refractivity contribution in [3.05, 3.63) is 40.1 Å². The lowest BCUT2D eigenvalue weighted by molar-refractivity contribution is 0.0752. The number of nitrogens with zero attached hydrogens (tertiary/aromatic N) is 5. The van der Waals surface area contributed by atoms with E-state index in [1.807, 2.05) is 6.92 Å². The molecule has 0 unspecified atom stereocenters. The monoisotopic (exact) mass is 274 g/mol. The average molecular weight is 274 g/mol. The van der Waals surface area contributed by atoms with Crippen LogP contribution in [-0.2, 0) is 13.0 Å². The van der Waals surface area contributed by atoms with Crippen molar-refractivity contribution in [3.63, 3.8) is 0 Å². The molecule has 0 saturated heterocycles. The van der Waals surface area contributed by atoms with Crippen LogP contribution >= 0.6 is 0 Å². The molecule has 0 aliphatic carbocycles. The van der Waals surface area contributed by atoms with Crippen LogP contribution in [0, 0.1) is 6.92 Å². The molecule has 8 heteroatoms. The number of aryl methyl sites for hydroxylation is 1. The summed E-state index contributed by atoms with van der Waals surface area (Å²) in [6.07, 6.45) is 3.60. The summed E-state index contributed by atoms with van der Waals surface area (Å²) in [6.45, 7) is 3.23. The van der Waals surface area contributed by atoms with Gasteiger partial charge in [-0.05, 0) is 6.92 Å². The molecule has 104 valence electrons. The van der Waals surface area contributed by atoms with E-state index in [1.165, 1.54) is 6.20 Å². The van der Waals surface area contributed by atoms with Gasteiger partial charge in [-0.3, -0.25) is 14.3 Å². The molecule has 1 aliphatic heterocycles. The summed E-state index contributed by atoms with van der Waals surface area (Å²) < 4.78 is 1.56. The predicted molar refractivity (Wildman–Crippen MR) is 69.2 cm³/mol. The van der Waals surface area contributed by atoms with Crippen molar-refractivity contribution in [2.75, 3.05) is 13.1 Å². The predicted octanol–water partition coefficient (Wildman–Crippen LogP) is -0.632. The Balaban J connectivity index is 1.78. The summed E-state index contributed by atoms with van der Waals surface area (Å²) in [5.41, 5.74) is 0.859. The van der Waals surface area contributed by atoms with Crippen LogP contribution in [0.1, 0.15) is 22.0 Å². The SMILES string of the molecule is Cc1cnc(C(=O)N2CCc3n[nH]c(=O)n3CC2)cn1. The second-order valence-electron chi connectivity index (χ2n) is 4.68. The lowest BCUT2D eigenvalue weighted by atomic mass is 10.3. The summed E-state index contributed by atoms with van der Waals surface area (Å²) in [5.74, 6) is 0.514. The largest absolute Gasteiger partial charge is 0.343 e. The average Bonchev–Trinajstić information content (AvgIpc) is 2.69. The first-order valence-electron chi connectivity index (χ1n) is 6.37. The van der Waals surface area contributed by atoms with E-state index >= 15 is 0 Å². The lowest BCUT2D eigenvalue weighted by Crippen LogP contribution is -2.35. The molecule has 8 nitrogen and oxygen atoms in total. The second-order valence-corrected chi connectivity index (χ2v) is 4.68. The van der Waals surface area contributed by atoms with E-state index in [2.05, 4.69) is 20.2 Å². The first kappa shape index (κ1) is 12.5. The van der Waals surface area contributed by atoms with E-state index in [4.69, 9.17) is 0 Å².